The molecule has 2 aromatic carbocycles. The third-order valence-electron chi connectivity index (χ3n) is 5.80. The Morgan fingerprint density at radius 2 is 0.946 bits per heavy atom. The van der Waals surface area contributed by atoms with Crippen molar-refractivity contribution in [2.24, 2.45) is 0 Å². The fourth-order valence-electron chi connectivity index (χ4n) is 2.94. The summed E-state index contributed by atoms with van der Waals surface area (Å²) in [6.45, 7) is 12.9. The van der Waals surface area contributed by atoms with E-state index in [0.717, 1.165) is 12.8 Å². The quantitative estimate of drug-likeness (QED) is 0.213. The Labute approximate surface area is 237 Å². The summed E-state index contributed by atoms with van der Waals surface area (Å²) in [5.74, 6) is -0.597. The summed E-state index contributed by atoms with van der Waals surface area (Å²) in [7, 11) is 0. The van der Waals surface area contributed by atoms with Crippen LogP contribution in [0.1, 0.15) is 54.4 Å². The van der Waals surface area contributed by atoms with E-state index in [4.69, 9.17) is 10.2 Å². The summed E-state index contributed by atoms with van der Waals surface area (Å²) in [6, 6.07) is 11.1. The topological polar surface area (TPSA) is 127 Å². The zero-order chi connectivity index (χ0) is 27.4. The first kappa shape index (κ1) is 33.7. The largest absolute Gasteiger partial charge is 2.00 e. The zero-order valence-electron chi connectivity index (χ0n) is 22.0. The molecule has 194 valence electrons. The van der Waals surface area contributed by atoms with Gasteiger partial charge < -0.3 is 10.2 Å². The first-order valence-corrected chi connectivity index (χ1v) is 11.2. The van der Waals surface area contributed by atoms with E-state index in [1.807, 2.05) is 0 Å². The first-order chi connectivity index (χ1) is 16.9. The predicted molar refractivity (Wildman–Crippen MR) is 140 cm³/mol. The number of rotatable bonds is 2. The minimum Gasteiger partial charge on any atom is -0.502 e. The number of benzene rings is 2. The normalized spacial score (nSPS) is 13.5. The predicted octanol–water partition coefficient (Wildman–Crippen LogP) is 7.55. The second-order valence-corrected chi connectivity index (χ2v) is 8.26. The molecule has 0 fully saturated rings. The third kappa shape index (κ3) is 11.1. The van der Waals surface area contributed by atoms with Gasteiger partial charge in [-0.05, 0) is 12.1 Å². The molecule has 0 bridgehead atoms. The van der Waals surface area contributed by atoms with Gasteiger partial charge in [0.15, 0.2) is 11.5 Å². The molecular weight excluding hydrogens is 552 g/mol. The number of allylic oxidation sites excluding steroid dienone is 8. The van der Waals surface area contributed by atoms with Crippen molar-refractivity contribution >= 4 is 11.4 Å². The van der Waals surface area contributed by atoms with Gasteiger partial charge in [-0.25, -0.2) is 11.1 Å². The molecule has 0 saturated heterocycles. The fourth-order valence-corrected chi connectivity index (χ4v) is 2.94. The second-order valence-electron chi connectivity index (χ2n) is 8.26. The number of para-hydroxylation sites is 4. The summed E-state index contributed by atoms with van der Waals surface area (Å²) in [4.78, 5) is 18.9. The van der Waals surface area contributed by atoms with Gasteiger partial charge in [0.05, 0.1) is 9.85 Å². The van der Waals surface area contributed by atoms with Gasteiger partial charge in [0.25, 0.3) is 0 Å². The van der Waals surface area contributed by atoms with E-state index in [-0.39, 0.29) is 49.1 Å². The van der Waals surface area contributed by atoms with Crippen LogP contribution in [0.2, 0.25) is 0 Å². The van der Waals surface area contributed by atoms with Crippen molar-refractivity contribution < 1.29 is 46.3 Å². The molecular formula is C28H32N2O6Zr. The maximum atomic E-state index is 10.1. The molecule has 8 nitrogen and oxygen atoms in total. The van der Waals surface area contributed by atoms with Crippen molar-refractivity contribution in [3.63, 3.8) is 0 Å². The van der Waals surface area contributed by atoms with Gasteiger partial charge in [-0.15, -0.1) is 26.7 Å². The number of nitro groups is 2. The van der Waals surface area contributed by atoms with Crippen LogP contribution in [-0.4, -0.2) is 20.1 Å². The van der Waals surface area contributed by atoms with Crippen LogP contribution in [0.5, 0.6) is 11.5 Å². The van der Waals surface area contributed by atoms with Crippen molar-refractivity contribution in [3.05, 3.63) is 114 Å². The van der Waals surface area contributed by atoms with E-state index >= 15 is 0 Å². The van der Waals surface area contributed by atoms with E-state index in [1.165, 1.54) is 82.0 Å². The molecule has 0 heterocycles. The van der Waals surface area contributed by atoms with Gasteiger partial charge in [-0.2, -0.15) is 22.3 Å². The molecule has 37 heavy (non-hydrogen) atoms. The minimum atomic E-state index is -0.630. The Kier molecular flexibility index (Phi) is 15.0. The Hall–Kier alpha value is -3.32. The van der Waals surface area contributed by atoms with Crippen LogP contribution in [0.3, 0.4) is 0 Å². The number of phenolic OH excluding ortho intramolecular Hbond substituents is 2. The van der Waals surface area contributed by atoms with E-state index in [2.05, 4.69) is 53.7 Å². The molecule has 2 aliphatic carbocycles. The smallest absolute Gasteiger partial charge is 0.502 e. The van der Waals surface area contributed by atoms with Crippen LogP contribution in [0.15, 0.2) is 82.0 Å². The summed E-state index contributed by atoms with van der Waals surface area (Å²) < 4.78 is 0. The van der Waals surface area contributed by atoms with Crippen molar-refractivity contribution in [3.8, 4) is 11.5 Å². The van der Waals surface area contributed by atoms with Crippen LogP contribution in [0.4, 0.5) is 11.4 Å². The molecule has 0 unspecified atom stereocenters. The molecule has 2 aromatic rings. The maximum Gasteiger partial charge on any atom is 2.00 e. The summed E-state index contributed by atoms with van der Waals surface area (Å²) in [6.07, 6.45) is 8.63. The van der Waals surface area contributed by atoms with E-state index in [1.54, 1.807) is 0 Å². The third-order valence-corrected chi connectivity index (χ3v) is 5.80. The second kappa shape index (κ2) is 16.4. The molecule has 2 N–H and O–H groups in total. The Morgan fingerprint density at radius 3 is 1.08 bits per heavy atom. The zero-order valence-corrected chi connectivity index (χ0v) is 24.4. The van der Waals surface area contributed by atoms with Crippen molar-refractivity contribution in [1.82, 2.24) is 0 Å². The average Bonchev–Trinajstić information content (AvgIpc) is 3.30. The van der Waals surface area contributed by atoms with Gasteiger partial charge in [-0.1, -0.05) is 52.0 Å². The number of hydrogen-bond donors (Lipinski definition) is 2. The van der Waals surface area contributed by atoms with Crippen molar-refractivity contribution in [2.45, 2.75) is 54.4 Å². The van der Waals surface area contributed by atoms with Crippen LogP contribution in [0, 0.1) is 32.4 Å². The molecule has 0 amide bonds. The van der Waals surface area contributed by atoms with E-state index in [0.29, 0.717) is 0 Å². The molecule has 0 aliphatic heterocycles. The van der Waals surface area contributed by atoms with Crippen LogP contribution < -0.4 is 0 Å². The molecule has 9 heteroatoms. The Morgan fingerprint density at radius 1 is 0.649 bits per heavy atom. The van der Waals surface area contributed by atoms with Gasteiger partial charge in [0, 0.05) is 12.1 Å². The van der Waals surface area contributed by atoms with E-state index in [9.17, 15) is 20.2 Å². The number of nitrogens with zero attached hydrogens (tertiary/aromatic N) is 2. The number of aromatic hydroxyl groups is 2. The minimum absolute atomic E-state index is 0. The molecule has 0 aromatic heterocycles. The van der Waals surface area contributed by atoms with Gasteiger partial charge in [0.2, 0.25) is 0 Å². The van der Waals surface area contributed by atoms with Crippen molar-refractivity contribution in [1.29, 1.82) is 0 Å². The number of phenols is 2. The van der Waals surface area contributed by atoms with Crippen LogP contribution in [0.25, 0.3) is 0 Å². The molecule has 0 saturated carbocycles. The Balaban J connectivity index is 0.000000465. The van der Waals surface area contributed by atoms with Crippen LogP contribution >= 0.6 is 0 Å². The maximum absolute atomic E-state index is 10.1. The first-order valence-electron chi connectivity index (χ1n) is 11.2. The molecule has 2 aliphatic rings. The molecule has 0 atom stereocenters. The van der Waals surface area contributed by atoms with Crippen LogP contribution in [-0.2, 0) is 26.2 Å². The van der Waals surface area contributed by atoms with E-state index < -0.39 is 9.85 Å². The molecule has 0 radical (unpaired) electrons. The summed E-state index contributed by atoms with van der Waals surface area (Å²) in [5, 5.41) is 37.8. The molecule has 0 spiro atoms. The SMILES string of the molecule is CC1=[C-]CC(C)=C1C.CC1=[C-]CC(C)=C1C.O=[N+]([O-])c1ccccc1O.O=[N+]([O-])c1ccccc1O.[Zr+2]. The summed E-state index contributed by atoms with van der Waals surface area (Å²) >= 11 is 0. The molecule has 4 rings (SSSR count). The monoisotopic (exact) mass is 582 g/mol. The van der Waals surface area contributed by atoms with Crippen molar-refractivity contribution in [2.75, 3.05) is 0 Å². The summed E-state index contributed by atoms with van der Waals surface area (Å²) in [5.41, 5.74) is 7.97. The fraction of sp³-hybridized carbons (Fsp3) is 0.286. The standard InChI is InChI=1S/2C8H11.2C6H5NO3.Zr/c2*1-6-4-5-7(2)8(6)3;2*8-6-4-2-1-3-5(6)7(9)10;/h2*4H2,1-3H3;2*1-4,8H;/q2*-1;;;+2. The van der Waals surface area contributed by atoms with Gasteiger partial charge in [-0.3, -0.25) is 32.4 Å². The average molecular weight is 584 g/mol. The number of nitro benzene ring substituents is 2. The number of hydrogen-bond acceptors (Lipinski definition) is 6. The Bertz CT molecular complexity index is 1120. The van der Waals surface area contributed by atoms with Gasteiger partial charge >= 0.3 is 37.6 Å². The van der Waals surface area contributed by atoms with Gasteiger partial charge in [0.1, 0.15) is 0 Å².